The van der Waals surface area contributed by atoms with Crippen LogP contribution in [0.15, 0.2) is 67.0 Å². The summed E-state index contributed by atoms with van der Waals surface area (Å²) in [5.74, 6) is -2.18. The van der Waals surface area contributed by atoms with Crippen molar-refractivity contribution in [3.63, 3.8) is 0 Å². The second-order valence-electron chi connectivity index (χ2n) is 7.21. The molecule has 0 saturated heterocycles. The molecule has 0 saturated carbocycles. The van der Waals surface area contributed by atoms with E-state index in [1.807, 2.05) is 0 Å². The number of hydrogen-bond donors (Lipinski definition) is 3. The lowest BCUT2D eigenvalue weighted by molar-refractivity contribution is -0.140. The number of rotatable bonds is 7. The van der Waals surface area contributed by atoms with Gasteiger partial charge >= 0.3 is 6.18 Å². The van der Waals surface area contributed by atoms with Gasteiger partial charge in [0.15, 0.2) is 0 Å². The third kappa shape index (κ3) is 6.59. The quantitative estimate of drug-likeness (QED) is 0.461. The molecule has 0 aliphatic rings. The van der Waals surface area contributed by atoms with Gasteiger partial charge in [-0.1, -0.05) is 18.2 Å². The molecule has 6 nitrogen and oxygen atoms in total. The number of anilines is 1. The van der Waals surface area contributed by atoms with E-state index < -0.39 is 29.5 Å². The van der Waals surface area contributed by atoms with E-state index in [0.717, 1.165) is 12.1 Å². The number of aromatic nitrogens is 1. The van der Waals surface area contributed by atoms with Crippen LogP contribution < -0.4 is 16.4 Å². The fourth-order valence-corrected chi connectivity index (χ4v) is 3.01. The zero-order chi connectivity index (χ0) is 24.0. The first kappa shape index (κ1) is 23.9. The van der Waals surface area contributed by atoms with Crippen molar-refractivity contribution in [3.8, 4) is 0 Å². The Balaban J connectivity index is 1.52. The normalized spacial score (nSPS) is 12.2. The van der Waals surface area contributed by atoms with E-state index in [0.29, 0.717) is 22.9 Å². The Morgan fingerprint density at radius 2 is 1.67 bits per heavy atom. The van der Waals surface area contributed by atoms with Crippen LogP contribution in [0.4, 0.5) is 23.2 Å². The van der Waals surface area contributed by atoms with E-state index in [-0.39, 0.29) is 24.4 Å². The lowest BCUT2D eigenvalue weighted by Crippen LogP contribution is -2.27. The lowest BCUT2D eigenvalue weighted by atomic mass is 10.0. The molecule has 1 aromatic heterocycles. The van der Waals surface area contributed by atoms with Crippen LogP contribution in [0.25, 0.3) is 0 Å². The molecule has 0 aliphatic heterocycles. The van der Waals surface area contributed by atoms with Crippen molar-refractivity contribution >= 4 is 17.5 Å². The molecule has 0 radical (unpaired) electrons. The Bertz CT molecular complexity index is 1120. The van der Waals surface area contributed by atoms with E-state index in [2.05, 4.69) is 15.6 Å². The van der Waals surface area contributed by atoms with Gasteiger partial charge in [-0.2, -0.15) is 13.2 Å². The van der Waals surface area contributed by atoms with Gasteiger partial charge in [0.05, 0.1) is 5.56 Å². The zero-order valence-electron chi connectivity index (χ0n) is 17.2. The highest BCUT2D eigenvalue weighted by molar-refractivity contribution is 6.04. The highest BCUT2D eigenvalue weighted by atomic mass is 19.4. The first-order chi connectivity index (χ1) is 15.6. The molecule has 10 heteroatoms. The molecule has 0 fully saturated rings. The van der Waals surface area contributed by atoms with Gasteiger partial charge in [-0.15, -0.1) is 0 Å². The number of benzene rings is 2. The SMILES string of the molecule is NC(CC(=O)NCc1ccc(C(F)(F)F)c(F)c1)c1ccc(C(=O)Nc2ccncc2)cc1. The van der Waals surface area contributed by atoms with Gasteiger partial charge in [0.25, 0.3) is 5.91 Å². The Kier molecular flexibility index (Phi) is 7.39. The minimum absolute atomic E-state index is 0.105. The van der Waals surface area contributed by atoms with Crippen molar-refractivity contribution in [3.05, 3.63) is 95.1 Å². The molecular weight excluding hydrogens is 440 g/mol. The largest absolute Gasteiger partial charge is 0.419 e. The molecule has 33 heavy (non-hydrogen) atoms. The topological polar surface area (TPSA) is 97.1 Å². The molecule has 2 amide bonds. The molecule has 1 unspecified atom stereocenters. The summed E-state index contributed by atoms with van der Waals surface area (Å²) in [4.78, 5) is 28.3. The molecule has 1 heterocycles. The molecule has 0 aliphatic carbocycles. The number of carbonyl (C=O) groups is 2. The summed E-state index contributed by atoms with van der Waals surface area (Å²) in [5.41, 5.74) is 6.49. The molecular formula is C23H20F4N4O2. The smallest absolute Gasteiger partial charge is 0.352 e. The van der Waals surface area contributed by atoms with Gasteiger partial charge < -0.3 is 16.4 Å². The standard InChI is InChI=1S/C23H20F4N4O2/c24-19-11-14(1-6-18(19)23(25,26)27)13-30-21(32)12-20(28)15-2-4-16(5-3-15)22(33)31-17-7-9-29-10-8-17/h1-11,20H,12-13,28H2,(H,30,32)(H,29,31,33). The molecule has 4 N–H and O–H groups in total. The number of pyridine rings is 1. The third-order valence-electron chi connectivity index (χ3n) is 4.77. The average molecular weight is 460 g/mol. The maximum Gasteiger partial charge on any atom is 0.419 e. The fraction of sp³-hybridized carbons (Fsp3) is 0.174. The van der Waals surface area contributed by atoms with Crippen LogP contribution in [0.3, 0.4) is 0 Å². The Hall–Kier alpha value is -3.79. The van der Waals surface area contributed by atoms with Gasteiger partial charge in [-0.25, -0.2) is 4.39 Å². The maximum absolute atomic E-state index is 13.6. The van der Waals surface area contributed by atoms with Gasteiger partial charge in [-0.05, 0) is 47.5 Å². The van der Waals surface area contributed by atoms with Gasteiger partial charge in [0.2, 0.25) is 5.91 Å². The van der Waals surface area contributed by atoms with E-state index >= 15 is 0 Å². The number of carbonyl (C=O) groups excluding carboxylic acids is 2. The Morgan fingerprint density at radius 1 is 1.00 bits per heavy atom. The minimum Gasteiger partial charge on any atom is -0.352 e. The van der Waals surface area contributed by atoms with Crippen LogP contribution in [0, 0.1) is 5.82 Å². The van der Waals surface area contributed by atoms with Crippen LogP contribution in [-0.4, -0.2) is 16.8 Å². The molecule has 3 aromatic rings. The van der Waals surface area contributed by atoms with Crippen LogP contribution in [0.1, 0.15) is 39.5 Å². The van der Waals surface area contributed by atoms with E-state index in [1.165, 1.54) is 0 Å². The average Bonchev–Trinajstić information content (AvgIpc) is 2.77. The van der Waals surface area contributed by atoms with Crippen LogP contribution in [0.5, 0.6) is 0 Å². The lowest BCUT2D eigenvalue weighted by Gasteiger charge is -2.14. The second-order valence-corrected chi connectivity index (χ2v) is 7.21. The fourth-order valence-electron chi connectivity index (χ4n) is 3.01. The second kappa shape index (κ2) is 10.2. The first-order valence-corrected chi connectivity index (χ1v) is 9.82. The zero-order valence-corrected chi connectivity index (χ0v) is 17.2. The number of nitrogens with zero attached hydrogens (tertiary/aromatic N) is 1. The molecule has 0 spiro atoms. The number of nitrogens with one attached hydrogen (secondary N) is 2. The molecule has 2 aromatic carbocycles. The Morgan fingerprint density at radius 3 is 2.27 bits per heavy atom. The van der Waals surface area contributed by atoms with Crippen molar-refractivity contribution in [2.75, 3.05) is 5.32 Å². The molecule has 0 bridgehead atoms. The minimum atomic E-state index is -4.78. The van der Waals surface area contributed by atoms with Gasteiger partial charge in [0.1, 0.15) is 5.82 Å². The first-order valence-electron chi connectivity index (χ1n) is 9.82. The summed E-state index contributed by atoms with van der Waals surface area (Å²) in [7, 11) is 0. The van der Waals surface area contributed by atoms with Gasteiger partial charge in [-0.3, -0.25) is 14.6 Å². The summed E-state index contributed by atoms with van der Waals surface area (Å²) < 4.78 is 51.5. The predicted octanol–water partition coefficient (Wildman–Crippen LogP) is 4.20. The summed E-state index contributed by atoms with van der Waals surface area (Å²) >= 11 is 0. The molecule has 1 atom stereocenters. The summed E-state index contributed by atoms with van der Waals surface area (Å²) in [6.45, 7) is -0.144. The third-order valence-corrected chi connectivity index (χ3v) is 4.77. The summed E-state index contributed by atoms with van der Waals surface area (Å²) in [5, 5.41) is 5.23. The highest BCUT2D eigenvalue weighted by Gasteiger charge is 2.33. The summed E-state index contributed by atoms with van der Waals surface area (Å²) in [6, 6.07) is 11.5. The predicted molar refractivity (Wildman–Crippen MR) is 113 cm³/mol. The number of halogens is 4. The van der Waals surface area contributed by atoms with Crippen molar-refractivity contribution in [2.45, 2.75) is 25.2 Å². The monoisotopic (exact) mass is 460 g/mol. The van der Waals surface area contributed by atoms with E-state index in [9.17, 15) is 27.2 Å². The van der Waals surface area contributed by atoms with Crippen LogP contribution in [-0.2, 0) is 17.5 Å². The van der Waals surface area contributed by atoms with Crippen molar-refractivity contribution in [1.82, 2.24) is 10.3 Å². The van der Waals surface area contributed by atoms with Crippen molar-refractivity contribution in [1.29, 1.82) is 0 Å². The van der Waals surface area contributed by atoms with E-state index in [1.54, 1.807) is 48.8 Å². The van der Waals surface area contributed by atoms with Crippen LogP contribution >= 0.6 is 0 Å². The van der Waals surface area contributed by atoms with Crippen molar-refractivity contribution in [2.24, 2.45) is 5.73 Å². The molecule has 172 valence electrons. The number of alkyl halides is 3. The maximum atomic E-state index is 13.6. The van der Waals surface area contributed by atoms with Gasteiger partial charge in [0, 0.05) is 42.7 Å². The highest BCUT2D eigenvalue weighted by Crippen LogP contribution is 2.31. The van der Waals surface area contributed by atoms with Crippen molar-refractivity contribution < 1.29 is 27.2 Å². The summed E-state index contributed by atoms with van der Waals surface area (Å²) in [6.07, 6.45) is -1.78. The number of amides is 2. The van der Waals surface area contributed by atoms with E-state index in [4.69, 9.17) is 5.73 Å². The van der Waals surface area contributed by atoms with Crippen LogP contribution in [0.2, 0.25) is 0 Å². The Labute approximate surface area is 186 Å². The number of nitrogens with two attached hydrogens (primary N) is 1. The number of hydrogen-bond acceptors (Lipinski definition) is 4. The molecule has 3 rings (SSSR count).